The Kier molecular flexibility index (Phi) is 7.80. The summed E-state index contributed by atoms with van der Waals surface area (Å²) in [5.74, 6) is 0.610. The summed E-state index contributed by atoms with van der Waals surface area (Å²) in [7, 11) is 0. The normalized spacial score (nSPS) is 10.1. The standard InChI is InChI=1S/C14H20INO2/c1-2-18-13-9-5-4-8-12(13)14(17)16-11-7-3-6-10-15/h4-5,8-9H,2-3,6-7,10-11H2,1H3,(H,16,17). The first-order valence-corrected chi connectivity index (χ1v) is 7.88. The van der Waals surface area contributed by atoms with E-state index in [0.29, 0.717) is 17.9 Å². The number of alkyl halides is 1. The fraction of sp³-hybridized carbons (Fsp3) is 0.500. The number of carbonyl (C=O) groups is 1. The first-order valence-electron chi connectivity index (χ1n) is 6.35. The largest absolute Gasteiger partial charge is 0.493 e. The van der Waals surface area contributed by atoms with Gasteiger partial charge >= 0.3 is 0 Å². The Labute approximate surface area is 122 Å². The second kappa shape index (κ2) is 9.19. The summed E-state index contributed by atoms with van der Waals surface area (Å²) in [6, 6.07) is 7.36. The zero-order valence-electron chi connectivity index (χ0n) is 10.7. The maximum atomic E-state index is 12.0. The molecule has 1 rings (SSSR count). The Bertz CT molecular complexity index is 369. The molecule has 0 bridgehead atoms. The Morgan fingerprint density at radius 1 is 1.28 bits per heavy atom. The molecule has 0 atom stereocenters. The molecule has 0 aliphatic rings. The molecular weight excluding hydrogens is 341 g/mol. The lowest BCUT2D eigenvalue weighted by Crippen LogP contribution is -2.25. The van der Waals surface area contributed by atoms with Crippen LogP contribution in [0.15, 0.2) is 24.3 Å². The topological polar surface area (TPSA) is 38.3 Å². The van der Waals surface area contributed by atoms with E-state index in [9.17, 15) is 4.79 Å². The summed E-state index contributed by atoms with van der Waals surface area (Å²) in [6.45, 7) is 3.22. The summed E-state index contributed by atoms with van der Waals surface area (Å²) in [5, 5.41) is 2.94. The van der Waals surface area contributed by atoms with Gasteiger partial charge in [-0.05, 0) is 36.3 Å². The fourth-order valence-electron chi connectivity index (χ4n) is 1.63. The Morgan fingerprint density at radius 2 is 2.06 bits per heavy atom. The van der Waals surface area contributed by atoms with E-state index in [-0.39, 0.29) is 5.91 Å². The molecule has 4 heteroatoms. The third-order valence-electron chi connectivity index (χ3n) is 2.53. The highest BCUT2D eigenvalue weighted by molar-refractivity contribution is 14.1. The van der Waals surface area contributed by atoms with E-state index in [2.05, 4.69) is 27.9 Å². The van der Waals surface area contributed by atoms with Crippen molar-refractivity contribution in [3.8, 4) is 5.75 Å². The molecule has 0 saturated carbocycles. The van der Waals surface area contributed by atoms with Gasteiger partial charge in [-0.1, -0.05) is 41.1 Å². The van der Waals surface area contributed by atoms with Crippen LogP contribution in [0.3, 0.4) is 0 Å². The number of rotatable bonds is 8. The lowest BCUT2D eigenvalue weighted by Gasteiger charge is -2.10. The number of benzene rings is 1. The zero-order valence-corrected chi connectivity index (χ0v) is 12.9. The van der Waals surface area contributed by atoms with E-state index in [4.69, 9.17) is 4.74 Å². The van der Waals surface area contributed by atoms with Gasteiger partial charge in [0.05, 0.1) is 12.2 Å². The van der Waals surface area contributed by atoms with Gasteiger partial charge in [-0.2, -0.15) is 0 Å². The van der Waals surface area contributed by atoms with Crippen molar-refractivity contribution in [1.29, 1.82) is 0 Å². The van der Waals surface area contributed by atoms with Crippen molar-refractivity contribution in [3.63, 3.8) is 0 Å². The molecular formula is C14H20INO2. The van der Waals surface area contributed by atoms with Crippen molar-refractivity contribution in [2.75, 3.05) is 17.6 Å². The molecule has 0 radical (unpaired) electrons. The average molecular weight is 361 g/mol. The predicted molar refractivity (Wildman–Crippen MR) is 82.7 cm³/mol. The van der Waals surface area contributed by atoms with Gasteiger partial charge in [0.25, 0.3) is 5.91 Å². The van der Waals surface area contributed by atoms with Crippen molar-refractivity contribution in [3.05, 3.63) is 29.8 Å². The summed E-state index contributed by atoms with van der Waals surface area (Å²) >= 11 is 2.37. The highest BCUT2D eigenvalue weighted by Crippen LogP contribution is 2.17. The highest BCUT2D eigenvalue weighted by atomic mass is 127. The van der Waals surface area contributed by atoms with Gasteiger partial charge in [-0.3, -0.25) is 4.79 Å². The van der Waals surface area contributed by atoms with E-state index in [0.717, 1.165) is 19.4 Å². The van der Waals surface area contributed by atoms with Crippen LogP contribution in [0.2, 0.25) is 0 Å². The maximum absolute atomic E-state index is 12.0. The van der Waals surface area contributed by atoms with E-state index in [1.165, 1.54) is 10.8 Å². The predicted octanol–water partition coefficient (Wildman–Crippen LogP) is 3.42. The zero-order chi connectivity index (χ0) is 13.2. The van der Waals surface area contributed by atoms with Gasteiger partial charge < -0.3 is 10.1 Å². The van der Waals surface area contributed by atoms with Crippen LogP contribution in [-0.4, -0.2) is 23.5 Å². The number of ether oxygens (including phenoxy) is 1. The summed E-state index contributed by atoms with van der Waals surface area (Å²) < 4.78 is 6.62. The van der Waals surface area contributed by atoms with Crippen LogP contribution in [-0.2, 0) is 0 Å². The molecule has 1 amide bonds. The van der Waals surface area contributed by atoms with Crippen LogP contribution < -0.4 is 10.1 Å². The Balaban J connectivity index is 2.45. The van der Waals surface area contributed by atoms with Crippen molar-refractivity contribution < 1.29 is 9.53 Å². The fourth-order valence-corrected chi connectivity index (χ4v) is 2.17. The molecule has 0 aliphatic carbocycles. The summed E-state index contributed by atoms with van der Waals surface area (Å²) in [6.07, 6.45) is 3.41. The molecule has 0 aromatic heterocycles. The van der Waals surface area contributed by atoms with Gasteiger partial charge in [0, 0.05) is 6.54 Å². The number of para-hydroxylation sites is 1. The smallest absolute Gasteiger partial charge is 0.255 e. The lowest BCUT2D eigenvalue weighted by atomic mass is 10.2. The molecule has 1 aromatic rings. The average Bonchev–Trinajstić information content (AvgIpc) is 2.39. The highest BCUT2D eigenvalue weighted by Gasteiger charge is 2.10. The van der Waals surface area contributed by atoms with Gasteiger partial charge in [0.2, 0.25) is 0 Å². The van der Waals surface area contributed by atoms with Gasteiger partial charge in [-0.25, -0.2) is 0 Å². The molecule has 100 valence electrons. The minimum atomic E-state index is -0.0477. The number of amides is 1. The summed E-state index contributed by atoms with van der Waals surface area (Å²) in [4.78, 5) is 12.0. The molecule has 18 heavy (non-hydrogen) atoms. The molecule has 0 aliphatic heterocycles. The minimum Gasteiger partial charge on any atom is -0.493 e. The minimum absolute atomic E-state index is 0.0477. The SMILES string of the molecule is CCOc1ccccc1C(=O)NCCCCCI. The van der Waals surface area contributed by atoms with Crippen LogP contribution in [0.5, 0.6) is 5.75 Å². The quantitative estimate of drug-likeness (QED) is 0.438. The van der Waals surface area contributed by atoms with Crippen LogP contribution in [0.4, 0.5) is 0 Å². The van der Waals surface area contributed by atoms with Crippen LogP contribution in [0.25, 0.3) is 0 Å². The molecule has 0 spiro atoms. The monoisotopic (exact) mass is 361 g/mol. The number of nitrogens with one attached hydrogen (secondary N) is 1. The second-order valence-corrected chi connectivity index (χ2v) is 5.01. The van der Waals surface area contributed by atoms with Crippen LogP contribution in [0.1, 0.15) is 36.5 Å². The van der Waals surface area contributed by atoms with E-state index in [1.807, 2.05) is 25.1 Å². The first-order chi connectivity index (χ1) is 8.79. The van der Waals surface area contributed by atoms with Crippen molar-refractivity contribution in [2.45, 2.75) is 26.2 Å². The summed E-state index contributed by atoms with van der Waals surface area (Å²) in [5.41, 5.74) is 0.619. The van der Waals surface area contributed by atoms with E-state index >= 15 is 0 Å². The van der Waals surface area contributed by atoms with E-state index < -0.39 is 0 Å². The van der Waals surface area contributed by atoms with Crippen molar-refractivity contribution in [2.24, 2.45) is 0 Å². The lowest BCUT2D eigenvalue weighted by molar-refractivity contribution is 0.0949. The molecule has 0 saturated heterocycles. The molecule has 0 unspecified atom stereocenters. The first kappa shape index (κ1) is 15.3. The van der Waals surface area contributed by atoms with Crippen molar-refractivity contribution >= 4 is 28.5 Å². The van der Waals surface area contributed by atoms with Crippen LogP contribution >= 0.6 is 22.6 Å². The molecule has 3 nitrogen and oxygen atoms in total. The Morgan fingerprint density at radius 3 is 2.78 bits per heavy atom. The van der Waals surface area contributed by atoms with Crippen molar-refractivity contribution in [1.82, 2.24) is 5.32 Å². The number of hydrogen-bond donors (Lipinski definition) is 1. The number of unbranched alkanes of at least 4 members (excludes halogenated alkanes) is 2. The molecule has 0 fully saturated rings. The van der Waals surface area contributed by atoms with E-state index in [1.54, 1.807) is 6.07 Å². The molecule has 1 aromatic carbocycles. The van der Waals surface area contributed by atoms with Gasteiger partial charge in [-0.15, -0.1) is 0 Å². The number of halogens is 1. The Hall–Kier alpha value is -0.780. The third-order valence-corrected chi connectivity index (χ3v) is 3.29. The van der Waals surface area contributed by atoms with Gasteiger partial charge in [0.15, 0.2) is 0 Å². The maximum Gasteiger partial charge on any atom is 0.255 e. The third kappa shape index (κ3) is 5.25. The number of hydrogen-bond acceptors (Lipinski definition) is 2. The van der Waals surface area contributed by atoms with Gasteiger partial charge in [0.1, 0.15) is 5.75 Å². The molecule has 0 heterocycles. The van der Waals surface area contributed by atoms with Crippen LogP contribution in [0, 0.1) is 0 Å². The second-order valence-electron chi connectivity index (χ2n) is 3.93. The number of carbonyl (C=O) groups excluding carboxylic acids is 1. The molecule has 1 N–H and O–H groups in total.